The van der Waals surface area contributed by atoms with Crippen molar-refractivity contribution in [2.24, 2.45) is 0 Å². The van der Waals surface area contributed by atoms with E-state index in [-0.39, 0.29) is 0 Å². The average Bonchev–Trinajstić information content (AvgIpc) is 2.87. The van der Waals surface area contributed by atoms with Gasteiger partial charge in [0.05, 0.1) is 41.1 Å². The van der Waals surface area contributed by atoms with Crippen molar-refractivity contribution in [3.63, 3.8) is 0 Å². The molecular weight excluding hydrogens is 422 g/mol. The summed E-state index contributed by atoms with van der Waals surface area (Å²) in [6.45, 7) is 0. The first-order valence-corrected chi connectivity index (χ1v) is 10.2. The van der Waals surface area contributed by atoms with Crippen molar-refractivity contribution in [3.8, 4) is 40.1 Å². The van der Waals surface area contributed by atoms with E-state index in [0.29, 0.717) is 40.4 Å². The van der Waals surface area contributed by atoms with Gasteiger partial charge in [0.25, 0.3) is 0 Å². The van der Waals surface area contributed by atoms with Gasteiger partial charge in [0.15, 0.2) is 17.3 Å². The number of para-hydroxylation sites is 1. The molecule has 8 nitrogen and oxygen atoms in total. The van der Waals surface area contributed by atoms with Crippen LogP contribution in [0.2, 0.25) is 0 Å². The van der Waals surface area contributed by atoms with Gasteiger partial charge in [-0.2, -0.15) is 0 Å². The second-order valence-electron chi connectivity index (χ2n) is 7.05. The zero-order valence-corrected chi connectivity index (χ0v) is 19.1. The summed E-state index contributed by atoms with van der Waals surface area (Å²) >= 11 is 0. The zero-order valence-electron chi connectivity index (χ0n) is 19.1. The minimum Gasteiger partial charge on any atom is -0.497 e. The first-order chi connectivity index (χ1) is 16.1. The normalized spacial score (nSPS) is 10.6. The van der Waals surface area contributed by atoms with Crippen LogP contribution in [0.3, 0.4) is 0 Å². The van der Waals surface area contributed by atoms with Gasteiger partial charge >= 0.3 is 0 Å². The molecular formula is C25H25N3O5. The van der Waals surface area contributed by atoms with E-state index in [2.05, 4.69) is 5.32 Å². The molecule has 0 aliphatic carbocycles. The lowest BCUT2D eigenvalue weighted by Crippen LogP contribution is -2.01. The van der Waals surface area contributed by atoms with Gasteiger partial charge in [-0.15, -0.1) is 0 Å². The molecule has 3 aromatic carbocycles. The van der Waals surface area contributed by atoms with Gasteiger partial charge in [0.1, 0.15) is 17.3 Å². The Hall–Kier alpha value is -4.20. The summed E-state index contributed by atoms with van der Waals surface area (Å²) in [6.07, 6.45) is 0. The Morgan fingerprint density at radius 1 is 0.667 bits per heavy atom. The molecule has 0 aliphatic rings. The van der Waals surface area contributed by atoms with Crippen LogP contribution in [0.15, 0.2) is 54.6 Å². The Morgan fingerprint density at radius 2 is 1.30 bits per heavy atom. The highest BCUT2D eigenvalue weighted by Gasteiger charge is 2.17. The van der Waals surface area contributed by atoms with Gasteiger partial charge in [-0.05, 0) is 24.3 Å². The third kappa shape index (κ3) is 4.41. The molecule has 8 heteroatoms. The summed E-state index contributed by atoms with van der Waals surface area (Å²) in [6, 6.07) is 17.0. The van der Waals surface area contributed by atoms with E-state index >= 15 is 0 Å². The molecule has 1 N–H and O–H groups in total. The first-order valence-electron chi connectivity index (χ1n) is 10.2. The lowest BCUT2D eigenvalue weighted by atomic mass is 10.1. The summed E-state index contributed by atoms with van der Waals surface area (Å²) in [5.41, 5.74) is 2.28. The van der Waals surface area contributed by atoms with E-state index in [1.54, 1.807) is 35.5 Å². The summed E-state index contributed by atoms with van der Waals surface area (Å²) in [5, 5.41) is 4.26. The number of anilines is 2. The van der Waals surface area contributed by atoms with Gasteiger partial charge in [0.2, 0.25) is 5.75 Å². The maximum absolute atomic E-state index is 5.50. The number of hydrogen-bond donors (Lipinski definition) is 1. The highest BCUT2D eigenvalue weighted by atomic mass is 16.5. The summed E-state index contributed by atoms with van der Waals surface area (Å²) in [5.74, 6) is 4.03. The van der Waals surface area contributed by atoms with Gasteiger partial charge in [-0.25, -0.2) is 9.97 Å². The van der Waals surface area contributed by atoms with Crippen LogP contribution in [-0.2, 0) is 0 Å². The molecule has 0 bridgehead atoms. The Morgan fingerprint density at radius 3 is 1.88 bits per heavy atom. The maximum atomic E-state index is 5.50. The van der Waals surface area contributed by atoms with Crippen LogP contribution in [0.4, 0.5) is 11.5 Å². The Bertz CT molecular complexity index is 1250. The topological polar surface area (TPSA) is 84.0 Å². The second-order valence-corrected chi connectivity index (χ2v) is 7.05. The molecule has 1 heterocycles. The van der Waals surface area contributed by atoms with Crippen LogP contribution in [0.25, 0.3) is 22.3 Å². The third-order valence-corrected chi connectivity index (χ3v) is 5.14. The molecule has 0 amide bonds. The summed E-state index contributed by atoms with van der Waals surface area (Å²) < 4.78 is 27.2. The molecule has 0 saturated heterocycles. The Labute approximate surface area is 192 Å². The average molecular weight is 447 g/mol. The molecule has 0 aliphatic heterocycles. The smallest absolute Gasteiger partial charge is 0.203 e. The molecule has 170 valence electrons. The molecule has 0 saturated carbocycles. The van der Waals surface area contributed by atoms with Crippen molar-refractivity contribution < 1.29 is 23.7 Å². The number of aromatic nitrogens is 2. The number of nitrogens with one attached hydrogen (secondary N) is 1. The lowest BCUT2D eigenvalue weighted by molar-refractivity contribution is 0.324. The molecule has 4 rings (SSSR count). The number of fused-ring (bicyclic) bond motifs is 1. The second kappa shape index (κ2) is 9.52. The lowest BCUT2D eigenvalue weighted by Gasteiger charge is -2.15. The van der Waals surface area contributed by atoms with Crippen molar-refractivity contribution in [3.05, 3.63) is 54.6 Å². The van der Waals surface area contributed by atoms with Crippen molar-refractivity contribution >= 4 is 22.4 Å². The Balaban J connectivity index is 1.87. The molecule has 0 spiro atoms. The number of hydrogen-bond acceptors (Lipinski definition) is 8. The Kier molecular flexibility index (Phi) is 6.35. The van der Waals surface area contributed by atoms with E-state index in [0.717, 1.165) is 22.2 Å². The fourth-order valence-corrected chi connectivity index (χ4v) is 3.53. The van der Waals surface area contributed by atoms with Gasteiger partial charge in [-0.1, -0.05) is 12.1 Å². The van der Waals surface area contributed by atoms with Crippen molar-refractivity contribution in [2.45, 2.75) is 0 Å². The quantitative estimate of drug-likeness (QED) is 0.400. The van der Waals surface area contributed by atoms with Crippen LogP contribution >= 0.6 is 0 Å². The minimum absolute atomic E-state index is 0.505. The zero-order chi connectivity index (χ0) is 23.4. The predicted molar refractivity (Wildman–Crippen MR) is 127 cm³/mol. The van der Waals surface area contributed by atoms with Crippen molar-refractivity contribution in [1.29, 1.82) is 0 Å². The molecule has 33 heavy (non-hydrogen) atoms. The third-order valence-electron chi connectivity index (χ3n) is 5.14. The van der Waals surface area contributed by atoms with E-state index in [9.17, 15) is 0 Å². The van der Waals surface area contributed by atoms with Crippen molar-refractivity contribution in [2.75, 3.05) is 40.9 Å². The number of benzene rings is 3. The fourth-order valence-electron chi connectivity index (χ4n) is 3.53. The number of nitrogens with zero attached hydrogens (tertiary/aromatic N) is 2. The van der Waals surface area contributed by atoms with Crippen LogP contribution in [0, 0.1) is 0 Å². The van der Waals surface area contributed by atoms with Gasteiger partial charge in [0, 0.05) is 34.8 Å². The summed E-state index contributed by atoms with van der Waals surface area (Å²) in [4.78, 5) is 9.60. The molecule has 0 atom stereocenters. The number of rotatable bonds is 8. The molecule has 0 fully saturated rings. The van der Waals surface area contributed by atoms with E-state index in [1.165, 1.54) is 0 Å². The minimum atomic E-state index is 0.505. The number of ether oxygens (including phenoxy) is 5. The highest BCUT2D eigenvalue weighted by molar-refractivity contribution is 5.92. The molecule has 4 aromatic rings. The molecule has 0 unspecified atom stereocenters. The van der Waals surface area contributed by atoms with Crippen molar-refractivity contribution in [1.82, 2.24) is 9.97 Å². The van der Waals surface area contributed by atoms with E-state index < -0.39 is 0 Å². The summed E-state index contributed by atoms with van der Waals surface area (Å²) in [7, 11) is 7.94. The van der Waals surface area contributed by atoms with Gasteiger partial charge in [-0.3, -0.25) is 0 Å². The monoisotopic (exact) mass is 447 g/mol. The van der Waals surface area contributed by atoms with Crippen LogP contribution in [0.5, 0.6) is 28.7 Å². The van der Waals surface area contributed by atoms with Crippen LogP contribution < -0.4 is 29.0 Å². The fraction of sp³-hybridized carbons (Fsp3) is 0.200. The van der Waals surface area contributed by atoms with E-state index in [1.807, 2.05) is 54.6 Å². The van der Waals surface area contributed by atoms with Crippen LogP contribution in [0.1, 0.15) is 0 Å². The standard InChI is InChI=1S/C25H25N3O5/c1-29-17-12-16(13-18(14-17)30-2)26-25-19-8-6-7-9-20(19)27-24(28-25)15-10-21(31-3)23(33-5)22(11-15)32-4/h6-14H,1-5H3,(H,26,27,28). The predicted octanol–water partition coefficient (Wildman–Crippen LogP) is 5.08. The molecule has 1 aromatic heterocycles. The first kappa shape index (κ1) is 22.0. The van der Waals surface area contributed by atoms with Crippen LogP contribution in [-0.4, -0.2) is 45.5 Å². The number of methoxy groups -OCH3 is 5. The van der Waals surface area contributed by atoms with Gasteiger partial charge < -0.3 is 29.0 Å². The largest absolute Gasteiger partial charge is 0.497 e. The molecule has 0 radical (unpaired) electrons. The maximum Gasteiger partial charge on any atom is 0.203 e. The highest BCUT2D eigenvalue weighted by Crippen LogP contribution is 2.41. The SMILES string of the molecule is COc1cc(Nc2nc(-c3cc(OC)c(OC)c(OC)c3)nc3ccccc23)cc(OC)c1. The van der Waals surface area contributed by atoms with E-state index in [4.69, 9.17) is 33.7 Å².